The average Bonchev–Trinajstić information content (AvgIpc) is 3.55. The summed E-state index contributed by atoms with van der Waals surface area (Å²) < 4.78 is 43.9. The second-order valence-corrected chi connectivity index (χ2v) is 11.1. The molecule has 4 heterocycles. The summed E-state index contributed by atoms with van der Waals surface area (Å²) in [5, 5.41) is 24.8. The first-order chi connectivity index (χ1) is 19.9. The summed E-state index contributed by atoms with van der Waals surface area (Å²) in [6.07, 6.45) is -6.96. The van der Waals surface area contributed by atoms with Gasteiger partial charge in [0.15, 0.2) is 0 Å². The zero-order valence-electron chi connectivity index (χ0n) is 23.2. The number of alkyl halides is 3. The molecule has 3 amide bonds. The maximum Gasteiger partial charge on any atom is 0.405 e. The van der Waals surface area contributed by atoms with Crippen LogP contribution in [0.2, 0.25) is 0 Å². The van der Waals surface area contributed by atoms with Gasteiger partial charge in [0, 0.05) is 51.4 Å². The van der Waals surface area contributed by atoms with Crippen LogP contribution < -0.4 is 20.4 Å². The van der Waals surface area contributed by atoms with E-state index >= 15 is 0 Å². The number of ether oxygens (including phenoxy) is 1. The van der Waals surface area contributed by atoms with Crippen LogP contribution in [0, 0.1) is 12.8 Å². The molecule has 0 bridgehead atoms. The van der Waals surface area contributed by atoms with E-state index in [2.05, 4.69) is 15.5 Å². The van der Waals surface area contributed by atoms with Crippen LogP contribution in [0.5, 0.6) is 0 Å². The molecule has 3 aliphatic rings. The quantitative estimate of drug-likeness (QED) is 0.401. The van der Waals surface area contributed by atoms with E-state index in [0.717, 1.165) is 16.7 Å². The first-order valence-corrected chi connectivity index (χ1v) is 14.0. The number of aromatic nitrogens is 1. The number of carbonyl (C=O) groups is 2. The van der Waals surface area contributed by atoms with E-state index < -0.39 is 42.8 Å². The molecule has 2 aromatic rings. The van der Waals surface area contributed by atoms with Crippen molar-refractivity contribution in [2.45, 2.75) is 38.1 Å². The van der Waals surface area contributed by atoms with Crippen molar-refractivity contribution < 1.29 is 37.7 Å². The van der Waals surface area contributed by atoms with E-state index in [1.807, 2.05) is 36.1 Å². The largest absolute Gasteiger partial charge is 0.465 e. The van der Waals surface area contributed by atoms with E-state index in [1.165, 1.54) is 4.90 Å². The maximum atomic E-state index is 12.9. The van der Waals surface area contributed by atoms with Gasteiger partial charge in [-0.2, -0.15) is 13.2 Å². The van der Waals surface area contributed by atoms with Crippen LogP contribution >= 0.6 is 0 Å². The highest BCUT2D eigenvalue weighted by molar-refractivity contribution is 5.91. The number of benzene rings is 1. The number of aliphatic hydroxyl groups is 1. The predicted molar refractivity (Wildman–Crippen MR) is 150 cm³/mol. The van der Waals surface area contributed by atoms with Gasteiger partial charge < -0.3 is 40.3 Å². The first-order valence-electron chi connectivity index (χ1n) is 14.0. The maximum absolute atomic E-state index is 12.9. The fourth-order valence-electron chi connectivity index (χ4n) is 5.77. The van der Waals surface area contributed by atoms with Crippen LogP contribution in [0.3, 0.4) is 0 Å². The summed E-state index contributed by atoms with van der Waals surface area (Å²) >= 11 is 0. The number of carbonyl (C=O) groups excluding carboxylic acids is 1. The normalized spacial score (nSPS) is 22.9. The summed E-state index contributed by atoms with van der Waals surface area (Å²) in [6, 6.07) is 8.15. The number of nitrogens with zero attached hydrogens (tertiary/aromatic N) is 4. The van der Waals surface area contributed by atoms with Gasteiger partial charge in [-0.3, -0.25) is 0 Å². The van der Waals surface area contributed by atoms with Crippen LogP contribution in [-0.4, -0.2) is 103 Å². The van der Waals surface area contributed by atoms with Crippen molar-refractivity contribution in [2.24, 2.45) is 5.92 Å². The lowest BCUT2D eigenvalue weighted by atomic mass is 10.00. The number of morpholine rings is 1. The lowest BCUT2D eigenvalue weighted by molar-refractivity contribution is -0.143. The van der Waals surface area contributed by atoms with E-state index in [4.69, 9.17) is 14.8 Å². The standard InChI is InChI=1S/C28H35F3N6O5/c1-17-2-3-20(32-26(39)36-5-4-18(14-36)13-28(29,30)31)12-21(17)19-10-24(35-6-8-42-9-7-35)34-25(11-19)37-15-22(23(38)16-37)33-27(40)41/h2-3,10-12,18,22-23,33,38H,4-9,13-16H2,1H3,(H,32,39)(H,40,41). The van der Waals surface area contributed by atoms with E-state index in [9.17, 15) is 27.9 Å². The molecule has 3 aliphatic heterocycles. The van der Waals surface area contributed by atoms with Gasteiger partial charge in [-0.1, -0.05) is 6.07 Å². The minimum absolute atomic E-state index is 0.0557. The van der Waals surface area contributed by atoms with Gasteiger partial charge in [0.2, 0.25) is 0 Å². The number of carboxylic acid groups (broad SMARTS) is 1. The molecule has 0 radical (unpaired) electrons. The third-order valence-corrected chi connectivity index (χ3v) is 7.95. The molecule has 3 atom stereocenters. The molecule has 0 aliphatic carbocycles. The molecule has 0 spiro atoms. The number of anilines is 3. The number of urea groups is 1. The number of β-amino-alcohol motifs (C(OH)–C–C–N with tert-alkyl or cyclic N) is 1. The topological polar surface area (TPSA) is 130 Å². The Morgan fingerprint density at radius 1 is 1.05 bits per heavy atom. The Hall–Kier alpha value is -3.78. The SMILES string of the molecule is Cc1ccc(NC(=O)N2CCC(CC(F)(F)F)C2)cc1-c1cc(N2CCOCC2)nc(N2CC(O)C(NC(=O)O)C2)c1. The van der Waals surface area contributed by atoms with E-state index in [0.29, 0.717) is 50.0 Å². The Morgan fingerprint density at radius 2 is 1.76 bits per heavy atom. The van der Waals surface area contributed by atoms with Gasteiger partial charge in [-0.25, -0.2) is 14.6 Å². The van der Waals surface area contributed by atoms with Crippen LogP contribution in [0.25, 0.3) is 11.1 Å². The fraction of sp³-hybridized carbons (Fsp3) is 0.536. The molecule has 42 heavy (non-hydrogen) atoms. The van der Waals surface area contributed by atoms with E-state index in [-0.39, 0.29) is 26.2 Å². The molecule has 3 saturated heterocycles. The zero-order chi connectivity index (χ0) is 30.0. The summed E-state index contributed by atoms with van der Waals surface area (Å²) in [6.45, 7) is 5.08. The number of aliphatic hydroxyl groups excluding tert-OH is 1. The van der Waals surface area contributed by atoms with Gasteiger partial charge in [0.1, 0.15) is 11.6 Å². The summed E-state index contributed by atoms with van der Waals surface area (Å²) in [4.78, 5) is 34.3. The highest BCUT2D eigenvalue weighted by atomic mass is 19.4. The molecule has 5 rings (SSSR count). The van der Waals surface area contributed by atoms with Crippen LogP contribution in [-0.2, 0) is 4.74 Å². The fourth-order valence-corrected chi connectivity index (χ4v) is 5.77. The average molecular weight is 593 g/mol. The summed E-state index contributed by atoms with van der Waals surface area (Å²) in [5.41, 5.74) is 3.07. The van der Waals surface area contributed by atoms with Crippen molar-refractivity contribution in [3.8, 4) is 11.1 Å². The molecule has 1 aromatic carbocycles. The van der Waals surface area contributed by atoms with Gasteiger partial charge in [-0.05, 0) is 60.2 Å². The first kappa shape index (κ1) is 29.7. The van der Waals surface area contributed by atoms with Crippen LogP contribution in [0.15, 0.2) is 30.3 Å². The van der Waals surface area contributed by atoms with E-state index in [1.54, 1.807) is 6.07 Å². The Balaban J connectivity index is 1.40. The van der Waals surface area contributed by atoms with Gasteiger partial charge in [-0.15, -0.1) is 0 Å². The Kier molecular flexibility index (Phi) is 8.64. The third-order valence-electron chi connectivity index (χ3n) is 7.95. The number of hydrogen-bond acceptors (Lipinski definition) is 7. The number of halogens is 3. The summed E-state index contributed by atoms with van der Waals surface area (Å²) in [7, 11) is 0. The highest BCUT2D eigenvalue weighted by Crippen LogP contribution is 2.34. The molecule has 11 nitrogen and oxygen atoms in total. The Morgan fingerprint density at radius 3 is 2.45 bits per heavy atom. The molecule has 3 unspecified atom stereocenters. The molecule has 14 heteroatoms. The number of hydrogen-bond donors (Lipinski definition) is 4. The lowest BCUT2D eigenvalue weighted by Crippen LogP contribution is -2.42. The number of likely N-dealkylation sites (tertiary alicyclic amines) is 1. The monoisotopic (exact) mass is 592 g/mol. The van der Waals surface area contributed by atoms with Crippen LogP contribution in [0.1, 0.15) is 18.4 Å². The number of rotatable bonds is 6. The van der Waals surface area contributed by atoms with Crippen molar-refractivity contribution >= 4 is 29.4 Å². The third kappa shape index (κ3) is 7.16. The smallest absolute Gasteiger partial charge is 0.405 e. The van der Waals surface area contributed by atoms with Crippen molar-refractivity contribution in [3.63, 3.8) is 0 Å². The zero-order valence-corrected chi connectivity index (χ0v) is 23.2. The van der Waals surface area contributed by atoms with Gasteiger partial charge in [0.05, 0.1) is 25.4 Å². The molecular formula is C28H35F3N6O5. The number of amides is 3. The molecule has 228 valence electrons. The molecule has 3 fully saturated rings. The van der Waals surface area contributed by atoms with Gasteiger partial charge in [0.25, 0.3) is 0 Å². The lowest BCUT2D eigenvalue weighted by Gasteiger charge is -2.29. The number of pyridine rings is 1. The second-order valence-electron chi connectivity index (χ2n) is 11.1. The Bertz CT molecular complexity index is 1310. The van der Waals surface area contributed by atoms with Crippen molar-refractivity contribution in [2.75, 3.05) is 67.6 Å². The minimum atomic E-state index is -4.26. The number of nitrogens with one attached hydrogen (secondary N) is 2. The Labute approximate surface area is 241 Å². The van der Waals surface area contributed by atoms with Crippen molar-refractivity contribution in [1.29, 1.82) is 0 Å². The number of aryl methyl sites for hydroxylation is 1. The van der Waals surface area contributed by atoms with Crippen molar-refractivity contribution in [3.05, 3.63) is 35.9 Å². The predicted octanol–water partition coefficient (Wildman–Crippen LogP) is 3.52. The summed E-state index contributed by atoms with van der Waals surface area (Å²) in [5.74, 6) is 0.675. The highest BCUT2D eigenvalue weighted by Gasteiger charge is 2.37. The second kappa shape index (κ2) is 12.2. The van der Waals surface area contributed by atoms with Crippen molar-refractivity contribution in [1.82, 2.24) is 15.2 Å². The van der Waals surface area contributed by atoms with Crippen LogP contribution in [0.4, 0.5) is 40.1 Å². The molecular weight excluding hydrogens is 557 g/mol. The molecule has 1 aromatic heterocycles. The molecule has 0 saturated carbocycles. The van der Waals surface area contributed by atoms with Gasteiger partial charge >= 0.3 is 18.3 Å². The molecule has 4 N–H and O–H groups in total. The minimum Gasteiger partial charge on any atom is -0.465 e.